The predicted molar refractivity (Wildman–Crippen MR) is 122 cm³/mol. The predicted octanol–water partition coefficient (Wildman–Crippen LogP) is -0.843. The Bertz CT molecular complexity index is 657. The number of aliphatic hydroxyl groups is 3. The highest BCUT2D eigenvalue weighted by atomic mass is 35.5. The molecule has 4 fully saturated rings. The molecule has 6 N–H and O–H groups in total. The van der Waals surface area contributed by atoms with E-state index >= 15 is 0 Å². The molecule has 11 atom stereocenters. The fourth-order valence-electron chi connectivity index (χ4n) is 5.12. The molecule has 0 aromatic rings. The molecule has 9 nitrogen and oxygen atoms in total. The summed E-state index contributed by atoms with van der Waals surface area (Å²) < 4.78 is 12.0. The molecule has 1 aliphatic carbocycles. The maximum atomic E-state index is 13.3. The van der Waals surface area contributed by atoms with Crippen LogP contribution in [-0.2, 0) is 14.3 Å². The van der Waals surface area contributed by atoms with Gasteiger partial charge in [-0.1, -0.05) is 0 Å². The van der Waals surface area contributed by atoms with E-state index in [1.807, 2.05) is 0 Å². The summed E-state index contributed by atoms with van der Waals surface area (Å²) in [4.78, 5) is 13.3. The first-order valence-corrected chi connectivity index (χ1v) is 13.3. The van der Waals surface area contributed by atoms with E-state index in [2.05, 4.69) is 16.0 Å². The Hall–Kier alpha value is -0.170. The van der Waals surface area contributed by atoms with Crippen LogP contribution in [0.15, 0.2) is 0 Å². The number of hydrogen-bond donors (Lipinski definition) is 6. The fraction of sp³-hybridized carbons (Fsp3) is 0.952. The molecule has 3 aliphatic heterocycles. The number of fused-ring (bicyclic) bond motifs is 1. The molecule has 4 unspecified atom stereocenters. The van der Waals surface area contributed by atoms with Crippen LogP contribution in [-0.4, -0.2) is 106 Å². The minimum Gasteiger partial charge on any atom is -0.388 e. The van der Waals surface area contributed by atoms with Gasteiger partial charge in [0.05, 0.1) is 17.5 Å². The van der Waals surface area contributed by atoms with Crippen molar-refractivity contribution in [3.63, 3.8) is 0 Å². The number of alkyl halides is 1. The first-order chi connectivity index (χ1) is 15.3. The van der Waals surface area contributed by atoms with E-state index in [0.29, 0.717) is 25.2 Å². The van der Waals surface area contributed by atoms with Gasteiger partial charge < -0.3 is 40.7 Å². The lowest BCUT2D eigenvalue weighted by molar-refractivity contribution is -0.205. The molecule has 1 saturated carbocycles. The molecular weight excluding hydrogens is 458 g/mol. The zero-order valence-electron chi connectivity index (χ0n) is 18.5. The lowest BCUT2D eigenvalue weighted by Crippen LogP contribution is -2.65. The third-order valence-corrected chi connectivity index (χ3v) is 8.21. The number of amides is 1. The number of carbonyl (C=O) groups is 1. The van der Waals surface area contributed by atoms with Gasteiger partial charge in [0, 0.05) is 31.2 Å². The van der Waals surface area contributed by atoms with Crippen molar-refractivity contribution in [3.05, 3.63) is 0 Å². The number of thioether (sulfide) groups is 1. The van der Waals surface area contributed by atoms with E-state index in [4.69, 9.17) is 21.1 Å². The van der Waals surface area contributed by atoms with E-state index in [0.717, 1.165) is 12.8 Å². The minimum absolute atomic E-state index is 0.226. The Balaban J connectivity index is 1.41. The zero-order chi connectivity index (χ0) is 23.0. The average Bonchev–Trinajstić information content (AvgIpc) is 3.53. The summed E-state index contributed by atoms with van der Waals surface area (Å²) in [7, 11) is 0. The number of nitrogens with one attached hydrogen (secondary N) is 3. The van der Waals surface area contributed by atoms with Gasteiger partial charge in [-0.15, -0.1) is 23.4 Å². The van der Waals surface area contributed by atoms with Gasteiger partial charge in [-0.05, 0) is 38.9 Å². The molecule has 0 spiro atoms. The smallest absolute Gasteiger partial charge is 0.240 e. The molecule has 4 rings (SSSR count). The lowest BCUT2D eigenvalue weighted by Gasteiger charge is -2.44. The minimum atomic E-state index is -1.39. The van der Waals surface area contributed by atoms with Crippen LogP contribution in [0.5, 0.6) is 0 Å². The van der Waals surface area contributed by atoms with Crippen molar-refractivity contribution in [2.75, 3.05) is 19.4 Å². The second-order valence-corrected chi connectivity index (χ2v) is 11.2. The molecular formula is C21H36ClN3O6S. The quantitative estimate of drug-likeness (QED) is 0.251. The van der Waals surface area contributed by atoms with Gasteiger partial charge in [-0.25, -0.2) is 0 Å². The van der Waals surface area contributed by atoms with Gasteiger partial charge in [-0.3, -0.25) is 4.79 Å². The molecule has 0 aromatic heterocycles. The van der Waals surface area contributed by atoms with Crippen LogP contribution in [0, 0.1) is 5.92 Å². The Morgan fingerprint density at radius 1 is 1.16 bits per heavy atom. The van der Waals surface area contributed by atoms with Crippen LogP contribution in [0.4, 0.5) is 0 Å². The van der Waals surface area contributed by atoms with Crippen LogP contribution >= 0.6 is 23.4 Å². The van der Waals surface area contributed by atoms with Gasteiger partial charge in [0.2, 0.25) is 5.91 Å². The van der Waals surface area contributed by atoms with Crippen molar-refractivity contribution < 1.29 is 29.6 Å². The molecule has 11 heteroatoms. The van der Waals surface area contributed by atoms with Crippen LogP contribution < -0.4 is 16.0 Å². The molecule has 3 heterocycles. The van der Waals surface area contributed by atoms with Gasteiger partial charge in [0.1, 0.15) is 35.9 Å². The summed E-state index contributed by atoms with van der Waals surface area (Å²) in [6.07, 6.45) is 0.947. The maximum Gasteiger partial charge on any atom is 0.240 e. The zero-order valence-corrected chi connectivity index (χ0v) is 20.1. The van der Waals surface area contributed by atoms with Crippen molar-refractivity contribution in [3.8, 4) is 0 Å². The molecule has 0 aromatic carbocycles. The van der Waals surface area contributed by atoms with Crippen LogP contribution in [0.1, 0.15) is 32.6 Å². The number of hydrogen-bond acceptors (Lipinski definition) is 9. The molecule has 3 saturated heterocycles. The second-order valence-electron chi connectivity index (χ2n) is 9.53. The Labute approximate surface area is 198 Å². The van der Waals surface area contributed by atoms with Crippen LogP contribution in [0.2, 0.25) is 0 Å². The van der Waals surface area contributed by atoms with E-state index < -0.39 is 47.3 Å². The first kappa shape index (κ1) is 24.9. The monoisotopic (exact) mass is 493 g/mol. The molecule has 1 amide bonds. The average molecular weight is 494 g/mol. The van der Waals surface area contributed by atoms with E-state index in [-0.39, 0.29) is 17.9 Å². The summed E-state index contributed by atoms with van der Waals surface area (Å²) in [6.45, 7) is 3.01. The molecule has 4 aliphatic rings. The number of halogens is 1. The Morgan fingerprint density at radius 3 is 2.56 bits per heavy atom. The van der Waals surface area contributed by atoms with Crippen molar-refractivity contribution >= 4 is 29.3 Å². The number of rotatable bonds is 7. The summed E-state index contributed by atoms with van der Waals surface area (Å²) in [5, 5.41) is 40.3. The number of aliphatic hydroxyl groups excluding tert-OH is 3. The van der Waals surface area contributed by atoms with Crippen molar-refractivity contribution in [1.82, 2.24) is 16.0 Å². The number of carbonyl (C=O) groups excluding carboxylic acids is 1. The summed E-state index contributed by atoms with van der Waals surface area (Å²) >= 11 is 7.61. The fourth-order valence-corrected chi connectivity index (χ4v) is 6.00. The van der Waals surface area contributed by atoms with E-state index in [1.54, 1.807) is 13.2 Å². The highest BCUT2D eigenvalue weighted by molar-refractivity contribution is 7.99. The highest BCUT2D eigenvalue weighted by Gasteiger charge is 2.49. The van der Waals surface area contributed by atoms with E-state index in [1.165, 1.54) is 24.6 Å². The normalized spacial score (nSPS) is 44.4. The van der Waals surface area contributed by atoms with Gasteiger partial charge in [-0.2, -0.15) is 0 Å². The van der Waals surface area contributed by atoms with Gasteiger partial charge >= 0.3 is 0 Å². The van der Waals surface area contributed by atoms with Crippen molar-refractivity contribution in [2.24, 2.45) is 5.92 Å². The van der Waals surface area contributed by atoms with E-state index in [9.17, 15) is 20.1 Å². The topological polar surface area (TPSA) is 132 Å². The van der Waals surface area contributed by atoms with Crippen LogP contribution in [0.25, 0.3) is 0 Å². The lowest BCUT2D eigenvalue weighted by atomic mass is 9.92. The van der Waals surface area contributed by atoms with Gasteiger partial charge in [0.25, 0.3) is 0 Å². The maximum absolute atomic E-state index is 13.3. The van der Waals surface area contributed by atoms with Crippen molar-refractivity contribution in [2.45, 2.75) is 98.1 Å². The molecule has 32 heavy (non-hydrogen) atoms. The second kappa shape index (κ2) is 10.6. The highest BCUT2D eigenvalue weighted by Crippen LogP contribution is 2.32. The Kier molecular flexibility index (Phi) is 8.27. The Morgan fingerprint density at radius 2 is 1.91 bits per heavy atom. The summed E-state index contributed by atoms with van der Waals surface area (Å²) in [5.41, 5.74) is -0.733. The SMILES string of the molecule is CSC1O[C@H]([C@H](NC(=O)[C@H]2NC[C@@H]3CC(NC4CC4)CCO[C@H]32)[C@H](C)Cl)C(O)C(O)[C@H]1O. The standard InChI is InChI=1S/C21H36ClN3O6S/c1-9(22)13(19-16(27)15(26)17(28)21(31-19)32-2)25-20(29)14-18-10(8-23-14)7-12(5-6-30-18)24-11-3-4-11/h9-19,21,23-24,26-28H,3-8H2,1-2H3,(H,25,29)/t9-,10-,12?,13+,14-,15?,16?,17+,18+,19+,21?/m0/s1. The first-order valence-electron chi connectivity index (χ1n) is 11.6. The third kappa shape index (κ3) is 5.39. The number of ether oxygens (including phenoxy) is 2. The van der Waals surface area contributed by atoms with Gasteiger partial charge in [0.15, 0.2) is 0 Å². The van der Waals surface area contributed by atoms with Crippen LogP contribution in [0.3, 0.4) is 0 Å². The molecule has 184 valence electrons. The largest absolute Gasteiger partial charge is 0.388 e. The summed E-state index contributed by atoms with van der Waals surface area (Å²) in [6, 6.07) is -0.229. The molecule has 0 radical (unpaired) electrons. The van der Waals surface area contributed by atoms with Crippen molar-refractivity contribution in [1.29, 1.82) is 0 Å². The molecule has 0 bridgehead atoms. The third-order valence-electron chi connectivity index (χ3n) is 7.08. The summed E-state index contributed by atoms with van der Waals surface area (Å²) in [5.74, 6) is -0.0218.